The highest BCUT2D eigenvalue weighted by Gasteiger charge is 2.15. The van der Waals surface area contributed by atoms with E-state index in [1.807, 2.05) is 26.0 Å². The Bertz CT molecular complexity index is 617. The van der Waals surface area contributed by atoms with Gasteiger partial charge in [-0.3, -0.25) is 4.79 Å². The number of benzene rings is 1. The zero-order valence-electron chi connectivity index (χ0n) is 11.2. The highest BCUT2D eigenvalue weighted by atomic mass is 16.5. The zero-order valence-corrected chi connectivity index (χ0v) is 11.2. The molecule has 0 spiro atoms. The fourth-order valence-electron chi connectivity index (χ4n) is 2.11. The first kappa shape index (κ1) is 13.1. The number of carboxylic acids is 1. The highest BCUT2D eigenvalue weighted by Crippen LogP contribution is 2.31. The number of aliphatic carboxylic acids is 1. The molecule has 2 N–H and O–H groups in total. The number of aromatic nitrogens is 2. The van der Waals surface area contributed by atoms with Gasteiger partial charge >= 0.3 is 5.97 Å². The first-order valence-corrected chi connectivity index (χ1v) is 5.93. The molecule has 0 aliphatic carbocycles. The predicted octanol–water partition coefficient (Wildman–Crippen LogP) is 2.33. The van der Waals surface area contributed by atoms with Crippen LogP contribution in [0.1, 0.15) is 16.8 Å². The maximum atomic E-state index is 10.8. The van der Waals surface area contributed by atoms with Gasteiger partial charge in [-0.1, -0.05) is 0 Å². The molecule has 0 saturated heterocycles. The van der Waals surface area contributed by atoms with Gasteiger partial charge in [-0.2, -0.15) is 0 Å². The molecule has 19 heavy (non-hydrogen) atoms. The van der Waals surface area contributed by atoms with Crippen LogP contribution in [-0.2, 0) is 11.2 Å². The molecule has 0 fully saturated rings. The number of H-pyrrole nitrogens is 1. The molecule has 0 aliphatic rings. The number of carboxylic acid groups (broad SMARTS) is 1. The van der Waals surface area contributed by atoms with E-state index >= 15 is 0 Å². The average Bonchev–Trinajstić information content (AvgIpc) is 2.80. The Balaban J connectivity index is 2.51. The van der Waals surface area contributed by atoms with E-state index in [9.17, 15) is 4.79 Å². The van der Waals surface area contributed by atoms with Crippen LogP contribution in [-0.4, -0.2) is 28.2 Å². The maximum Gasteiger partial charge on any atom is 0.309 e. The van der Waals surface area contributed by atoms with Crippen molar-refractivity contribution in [3.05, 3.63) is 35.3 Å². The van der Waals surface area contributed by atoms with Crippen molar-refractivity contribution in [3.8, 4) is 17.0 Å². The molecule has 0 amide bonds. The van der Waals surface area contributed by atoms with Gasteiger partial charge in [0.2, 0.25) is 0 Å². The van der Waals surface area contributed by atoms with Crippen LogP contribution in [0, 0.1) is 13.8 Å². The first-order valence-electron chi connectivity index (χ1n) is 5.93. The van der Waals surface area contributed by atoms with Gasteiger partial charge in [0, 0.05) is 5.56 Å². The Labute approximate surface area is 111 Å². The molecule has 0 saturated carbocycles. The summed E-state index contributed by atoms with van der Waals surface area (Å²) in [5.74, 6) is -0.0649. The number of hydrogen-bond acceptors (Lipinski definition) is 3. The number of hydrogen-bond donors (Lipinski definition) is 2. The van der Waals surface area contributed by atoms with Crippen molar-refractivity contribution in [2.24, 2.45) is 0 Å². The second-order valence-electron chi connectivity index (χ2n) is 4.37. The van der Waals surface area contributed by atoms with Crippen LogP contribution >= 0.6 is 0 Å². The molecule has 0 bridgehead atoms. The largest absolute Gasteiger partial charge is 0.496 e. The van der Waals surface area contributed by atoms with E-state index in [1.165, 1.54) is 6.33 Å². The van der Waals surface area contributed by atoms with Crippen LogP contribution in [0.4, 0.5) is 0 Å². The van der Waals surface area contributed by atoms with Crippen molar-refractivity contribution in [3.63, 3.8) is 0 Å². The van der Waals surface area contributed by atoms with Crippen LogP contribution in [0.5, 0.6) is 5.75 Å². The van der Waals surface area contributed by atoms with Crippen molar-refractivity contribution in [1.82, 2.24) is 9.97 Å². The minimum atomic E-state index is -0.881. The van der Waals surface area contributed by atoms with Gasteiger partial charge in [0.1, 0.15) is 5.75 Å². The number of aromatic amines is 1. The van der Waals surface area contributed by atoms with E-state index in [1.54, 1.807) is 7.11 Å². The van der Waals surface area contributed by atoms with Gasteiger partial charge in [-0.05, 0) is 37.1 Å². The Hall–Kier alpha value is -2.30. The summed E-state index contributed by atoms with van der Waals surface area (Å²) in [5.41, 5.74) is 4.30. The minimum Gasteiger partial charge on any atom is -0.496 e. The molecule has 1 heterocycles. The third kappa shape index (κ3) is 2.45. The lowest BCUT2D eigenvalue weighted by Crippen LogP contribution is -2.02. The number of ether oxygens (including phenoxy) is 1. The summed E-state index contributed by atoms with van der Waals surface area (Å²) in [6, 6.07) is 3.78. The van der Waals surface area contributed by atoms with Gasteiger partial charge in [0.25, 0.3) is 0 Å². The van der Waals surface area contributed by atoms with Crippen LogP contribution in [0.2, 0.25) is 0 Å². The molecular formula is C14H16N2O3. The molecule has 2 aromatic rings. The lowest BCUT2D eigenvalue weighted by atomic mass is 9.98. The second kappa shape index (κ2) is 5.14. The van der Waals surface area contributed by atoms with E-state index in [-0.39, 0.29) is 6.42 Å². The summed E-state index contributed by atoms with van der Waals surface area (Å²) in [6.07, 6.45) is 1.45. The van der Waals surface area contributed by atoms with E-state index < -0.39 is 5.97 Å². The SMILES string of the molecule is COc1ccc(-c2nc[nH]c2CC(=O)O)c(C)c1C. The molecule has 1 aromatic heterocycles. The van der Waals surface area contributed by atoms with Crippen molar-refractivity contribution >= 4 is 5.97 Å². The van der Waals surface area contributed by atoms with Crippen LogP contribution < -0.4 is 4.74 Å². The van der Waals surface area contributed by atoms with Crippen LogP contribution in [0.15, 0.2) is 18.5 Å². The monoisotopic (exact) mass is 260 g/mol. The smallest absolute Gasteiger partial charge is 0.309 e. The summed E-state index contributed by atoms with van der Waals surface area (Å²) in [7, 11) is 1.63. The predicted molar refractivity (Wildman–Crippen MR) is 71.4 cm³/mol. The van der Waals surface area contributed by atoms with Gasteiger partial charge in [-0.25, -0.2) is 4.98 Å². The lowest BCUT2D eigenvalue weighted by Gasteiger charge is -2.12. The number of rotatable bonds is 4. The molecule has 100 valence electrons. The summed E-state index contributed by atoms with van der Waals surface area (Å²) in [5, 5.41) is 8.89. The number of imidazole rings is 1. The summed E-state index contributed by atoms with van der Waals surface area (Å²) >= 11 is 0. The number of nitrogens with one attached hydrogen (secondary N) is 1. The Kier molecular flexibility index (Phi) is 3.55. The van der Waals surface area contributed by atoms with Crippen molar-refractivity contribution < 1.29 is 14.6 Å². The highest BCUT2D eigenvalue weighted by molar-refractivity contribution is 5.75. The molecule has 0 atom stereocenters. The molecular weight excluding hydrogens is 244 g/mol. The minimum absolute atomic E-state index is 0.0696. The third-order valence-electron chi connectivity index (χ3n) is 3.26. The summed E-state index contributed by atoms with van der Waals surface area (Å²) in [4.78, 5) is 18.0. The Morgan fingerprint density at radius 3 is 2.74 bits per heavy atom. The molecule has 1 aromatic carbocycles. The quantitative estimate of drug-likeness (QED) is 0.884. The molecule has 5 heteroatoms. The molecule has 5 nitrogen and oxygen atoms in total. The van der Waals surface area contributed by atoms with Crippen molar-refractivity contribution in [1.29, 1.82) is 0 Å². The molecule has 2 rings (SSSR count). The topological polar surface area (TPSA) is 75.2 Å². The average molecular weight is 260 g/mol. The van der Waals surface area contributed by atoms with E-state index in [4.69, 9.17) is 9.84 Å². The summed E-state index contributed by atoms with van der Waals surface area (Å²) < 4.78 is 5.27. The second-order valence-corrected chi connectivity index (χ2v) is 4.37. The Morgan fingerprint density at radius 2 is 2.11 bits per heavy atom. The fraction of sp³-hybridized carbons (Fsp3) is 0.286. The van der Waals surface area contributed by atoms with Crippen LogP contribution in [0.25, 0.3) is 11.3 Å². The number of nitrogens with zero attached hydrogens (tertiary/aromatic N) is 1. The third-order valence-corrected chi connectivity index (χ3v) is 3.26. The molecule has 0 unspecified atom stereocenters. The Morgan fingerprint density at radius 1 is 1.37 bits per heavy atom. The van der Waals surface area contributed by atoms with Gasteiger partial charge in [0.05, 0.1) is 31.2 Å². The maximum absolute atomic E-state index is 10.8. The standard InChI is InChI=1S/C14H16N2O3/c1-8-9(2)12(19-3)5-4-10(8)14-11(6-13(17)18)15-7-16-14/h4-5,7H,6H2,1-3H3,(H,15,16)(H,17,18). The number of carbonyl (C=O) groups is 1. The van der Waals surface area contributed by atoms with Gasteiger partial charge in [0.15, 0.2) is 0 Å². The fourth-order valence-corrected chi connectivity index (χ4v) is 2.11. The van der Waals surface area contributed by atoms with Crippen molar-refractivity contribution in [2.45, 2.75) is 20.3 Å². The van der Waals surface area contributed by atoms with Crippen molar-refractivity contribution in [2.75, 3.05) is 7.11 Å². The summed E-state index contributed by atoms with van der Waals surface area (Å²) in [6.45, 7) is 3.95. The first-order chi connectivity index (χ1) is 9.04. The van der Waals surface area contributed by atoms with Gasteiger partial charge in [-0.15, -0.1) is 0 Å². The van der Waals surface area contributed by atoms with E-state index in [2.05, 4.69) is 9.97 Å². The van der Waals surface area contributed by atoms with Gasteiger partial charge < -0.3 is 14.8 Å². The van der Waals surface area contributed by atoms with E-state index in [0.717, 1.165) is 22.4 Å². The molecule has 0 aliphatic heterocycles. The zero-order chi connectivity index (χ0) is 14.0. The lowest BCUT2D eigenvalue weighted by molar-refractivity contribution is -0.136. The number of methoxy groups -OCH3 is 1. The van der Waals surface area contributed by atoms with Crippen LogP contribution in [0.3, 0.4) is 0 Å². The molecule has 0 radical (unpaired) electrons. The normalized spacial score (nSPS) is 10.5. The van der Waals surface area contributed by atoms with E-state index in [0.29, 0.717) is 11.4 Å².